The Bertz CT molecular complexity index is 408. The van der Waals surface area contributed by atoms with Gasteiger partial charge in [0.15, 0.2) is 0 Å². The van der Waals surface area contributed by atoms with Crippen LogP contribution in [-0.4, -0.2) is 22.4 Å². The van der Waals surface area contributed by atoms with E-state index in [4.69, 9.17) is 0 Å². The Morgan fingerprint density at radius 3 is 2.45 bits per heavy atom. The van der Waals surface area contributed by atoms with E-state index >= 15 is 0 Å². The highest BCUT2D eigenvalue weighted by Crippen LogP contribution is 2.68. The second-order valence-corrected chi connectivity index (χ2v) is 8.91. The molecule has 8 atom stereocenters. The quantitative estimate of drug-likeness (QED) is 0.713. The SMILES string of the molecule is C[C@@]12CCC[C@H]1[C@@H]1[C@H](O)[C@H]3C[C@@H](O)CC[C@]3(C)[C@H]1CC2. The summed E-state index contributed by atoms with van der Waals surface area (Å²) in [6.07, 6.45) is 9.35. The van der Waals surface area contributed by atoms with Crippen LogP contribution in [0.4, 0.5) is 0 Å². The Hall–Kier alpha value is -0.0800. The summed E-state index contributed by atoms with van der Waals surface area (Å²) in [4.78, 5) is 0. The first-order valence-corrected chi connectivity index (χ1v) is 8.82. The molecule has 0 bridgehead atoms. The molecule has 0 saturated heterocycles. The van der Waals surface area contributed by atoms with Crippen LogP contribution in [0.2, 0.25) is 0 Å². The summed E-state index contributed by atoms with van der Waals surface area (Å²) in [6, 6.07) is 0. The van der Waals surface area contributed by atoms with E-state index in [0.29, 0.717) is 28.6 Å². The van der Waals surface area contributed by atoms with E-state index in [1.165, 1.54) is 32.1 Å². The van der Waals surface area contributed by atoms with Crippen molar-refractivity contribution in [3.05, 3.63) is 0 Å². The average Bonchev–Trinajstić information content (AvgIpc) is 2.89. The van der Waals surface area contributed by atoms with Crippen LogP contribution >= 0.6 is 0 Å². The molecule has 114 valence electrons. The maximum atomic E-state index is 11.1. The van der Waals surface area contributed by atoms with Gasteiger partial charge >= 0.3 is 0 Å². The van der Waals surface area contributed by atoms with Crippen LogP contribution in [0.1, 0.15) is 65.2 Å². The van der Waals surface area contributed by atoms with E-state index in [1.807, 2.05) is 0 Å². The number of aliphatic hydroxyl groups excluding tert-OH is 2. The van der Waals surface area contributed by atoms with Crippen molar-refractivity contribution < 1.29 is 10.2 Å². The topological polar surface area (TPSA) is 40.5 Å². The molecule has 0 spiro atoms. The van der Waals surface area contributed by atoms with Crippen molar-refractivity contribution in [3.8, 4) is 0 Å². The largest absolute Gasteiger partial charge is 0.393 e. The fourth-order valence-electron chi connectivity index (χ4n) is 7.03. The van der Waals surface area contributed by atoms with Crippen LogP contribution in [0, 0.1) is 34.5 Å². The van der Waals surface area contributed by atoms with E-state index < -0.39 is 0 Å². The maximum Gasteiger partial charge on any atom is 0.0608 e. The molecule has 0 aromatic carbocycles. The van der Waals surface area contributed by atoms with Crippen molar-refractivity contribution in [1.29, 1.82) is 0 Å². The smallest absolute Gasteiger partial charge is 0.0608 e. The first-order valence-electron chi connectivity index (χ1n) is 8.82. The van der Waals surface area contributed by atoms with E-state index in [2.05, 4.69) is 13.8 Å². The van der Waals surface area contributed by atoms with Gasteiger partial charge in [-0.3, -0.25) is 0 Å². The predicted molar refractivity (Wildman–Crippen MR) is 79.1 cm³/mol. The molecule has 20 heavy (non-hydrogen) atoms. The molecule has 2 heteroatoms. The van der Waals surface area contributed by atoms with E-state index in [0.717, 1.165) is 25.2 Å². The van der Waals surface area contributed by atoms with Gasteiger partial charge in [0, 0.05) is 0 Å². The number of hydrogen-bond donors (Lipinski definition) is 2. The Morgan fingerprint density at radius 2 is 1.65 bits per heavy atom. The van der Waals surface area contributed by atoms with Gasteiger partial charge in [0.2, 0.25) is 0 Å². The van der Waals surface area contributed by atoms with Gasteiger partial charge in [-0.05, 0) is 79.4 Å². The lowest BCUT2D eigenvalue weighted by atomic mass is 9.56. The summed E-state index contributed by atoms with van der Waals surface area (Å²) < 4.78 is 0. The molecule has 4 aliphatic carbocycles. The number of rotatable bonds is 0. The Kier molecular flexibility index (Phi) is 2.87. The van der Waals surface area contributed by atoms with Crippen LogP contribution in [0.3, 0.4) is 0 Å². The van der Waals surface area contributed by atoms with Gasteiger partial charge in [0.25, 0.3) is 0 Å². The van der Waals surface area contributed by atoms with Gasteiger partial charge in [-0.25, -0.2) is 0 Å². The molecule has 0 aromatic heterocycles. The molecular weight excluding hydrogens is 248 g/mol. The van der Waals surface area contributed by atoms with Crippen molar-refractivity contribution in [2.45, 2.75) is 77.4 Å². The van der Waals surface area contributed by atoms with Gasteiger partial charge in [0.1, 0.15) is 0 Å². The first kappa shape index (κ1) is 13.6. The minimum atomic E-state index is -0.169. The van der Waals surface area contributed by atoms with Crippen LogP contribution in [0.5, 0.6) is 0 Å². The summed E-state index contributed by atoms with van der Waals surface area (Å²) >= 11 is 0. The first-order chi connectivity index (χ1) is 9.46. The summed E-state index contributed by atoms with van der Waals surface area (Å²) in [6.45, 7) is 4.90. The highest BCUT2D eigenvalue weighted by atomic mass is 16.3. The van der Waals surface area contributed by atoms with Crippen molar-refractivity contribution in [2.24, 2.45) is 34.5 Å². The molecule has 0 amide bonds. The molecule has 4 aliphatic rings. The molecular formula is C18H30O2. The van der Waals surface area contributed by atoms with Crippen molar-refractivity contribution in [1.82, 2.24) is 0 Å². The third-order valence-electron chi connectivity index (χ3n) is 8.16. The van der Waals surface area contributed by atoms with Crippen LogP contribution in [-0.2, 0) is 0 Å². The minimum Gasteiger partial charge on any atom is -0.393 e. The normalized spacial score (nSPS) is 61.8. The average molecular weight is 278 g/mol. The Balaban J connectivity index is 1.70. The van der Waals surface area contributed by atoms with Crippen LogP contribution < -0.4 is 0 Å². The zero-order valence-corrected chi connectivity index (χ0v) is 13.0. The number of fused-ring (bicyclic) bond motifs is 5. The highest BCUT2D eigenvalue weighted by Gasteiger charge is 2.64. The zero-order chi connectivity index (χ0) is 14.1. The number of hydrogen-bond acceptors (Lipinski definition) is 2. The fraction of sp³-hybridized carbons (Fsp3) is 1.00. The Labute approximate surface area is 123 Å². The maximum absolute atomic E-state index is 11.1. The van der Waals surface area contributed by atoms with Crippen LogP contribution in [0.15, 0.2) is 0 Å². The Morgan fingerprint density at radius 1 is 0.850 bits per heavy atom. The minimum absolute atomic E-state index is 0.150. The van der Waals surface area contributed by atoms with Crippen molar-refractivity contribution in [2.75, 3.05) is 0 Å². The summed E-state index contributed by atoms with van der Waals surface area (Å²) in [7, 11) is 0. The van der Waals surface area contributed by atoms with E-state index in [1.54, 1.807) is 0 Å². The lowest BCUT2D eigenvalue weighted by Crippen LogP contribution is -2.42. The van der Waals surface area contributed by atoms with E-state index in [-0.39, 0.29) is 12.2 Å². The van der Waals surface area contributed by atoms with Crippen LogP contribution in [0.25, 0.3) is 0 Å². The second-order valence-electron chi connectivity index (χ2n) is 8.91. The number of aliphatic hydroxyl groups is 2. The lowest BCUT2D eigenvalue weighted by molar-refractivity contribution is -0.0208. The molecule has 0 heterocycles. The molecule has 2 nitrogen and oxygen atoms in total. The van der Waals surface area contributed by atoms with Gasteiger partial charge in [0.05, 0.1) is 12.2 Å². The third-order valence-corrected chi connectivity index (χ3v) is 8.16. The molecule has 0 aromatic rings. The third kappa shape index (κ3) is 1.58. The predicted octanol–water partition coefficient (Wildman–Crippen LogP) is 3.36. The fourth-order valence-corrected chi connectivity index (χ4v) is 7.03. The molecule has 4 rings (SSSR count). The monoisotopic (exact) mass is 278 g/mol. The molecule has 4 saturated carbocycles. The van der Waals surface area contributed by atoms with Crippen molar-refractivity contribution >= 4 is 0 Å². The lowest BCUT2D eigenvalue weighted by Gasteiger charge is -2.49. The van der Waals surface area contributed by atoms with Gasteiger partial charge in [-0.1, -0.05) is 20.3 Å². The van der Waals surface area contributed by atoms with Gasteiger partial charge in [-0.15, -0.1) is 0 Å². The molecule has 4 fully saturated rings. The molecule has 0 aliphatic heterocycles. The summed E-state index contributed by atoms with van der Waals surface area (Å²) in [5.41, 5.74) is 0.803. The van der Waals surface area contributed by atoms with Gasteiger partial charge < -0.3 is 10.2 Å². The van der Waals surface area contributed by atoms with Gasteiger partial charge in [-0.2, -0.15) is 0 Å². The van der Waals surface area contributed by atoms with Crippen molar-refractivity contribution in [3.63, 3.8) is 0 Å². The molecule has 0 unspecified atom stereocenters. The highest BCUT2D eigenvalue weighted by molar-refractivity contribution is 5.13. The second kappa shape index (κ2) is 4.23. The van der Waals surface area contributed by atoms with E-state index in [9.17, 15) is 10.2 Å². The zero-order valence-electron chi connectivity index (χ0n) is 13.0. The summed E-state index contributed by atoms with van der Waals surface area (Å²) in [5.74, 6) is 2.34. The molecule has 0 radical (unpaired) electrons. The molecule has 2 N–H and O–H groups in total. The standard InChI is InChI=1S/C18H30O2/c1-17-7-3-4-12(17)15-13(6-8-17)18(2)9-5-11(19)10-14(18)16(15)20/h11-16,19-20H,3-10H2,1-2H3/t11-,12-,13-,14+,15-,16+,17-,18+/m0/s1. The summed E-state index contributed by atoms with van der Waals surface area (Å²) in [5, 5.41) is 21.1.